The molecule has 130 valence electrons. The van der Waals surface area contributed by atoms with Gasteiger partial charge in [0.25, 0.3) is 0 Å². The predicted octanol–water partition coefficient (Wildman–Crippen LogP) is 3.75. The Kier molecular flexibility index (Phi) is 7.37. The molecule has 0 spiro atoms. The minimum Gasteiger partial charge on any atom is -0.383 e. The van der Waals surface area contributed by atoms with E-state index in [9.17, 15) is 4.79 Å². The predicted molar refractivity (Wildman–Crippen MR) is 105 cm³/mol. The molecule has 1 heterocycles. The normalized spacial score (nSPS) is 13.5. The van der Waals surface area contributed by atoms with Gasteiger partial charge in [0, 0.05) is 24.7 Å². The first-order chi connectivity index (χ1) is 11.6. The minimum atomic E-state index is 0.00343. The molecule has 2 atom stereocenters. The van der Waals surface area contributed by atoms with Crippen LogP contribution in [0.15, 0.2) is 36.5 Å². The molecule has 0 aliphatic heterocycles. The Labute approximate surface area is 149 Å². The molecular formula is C19H27N3OS. The molecule has 4 nitrogen and oxygen atoms in total. The fourth-order valence-electron chi connectivity index (χ4n) is 2.93. The number of carbonyl (C=O) groups is 1. The van der Waals surface area contributed by atoms with E-state index in [4.69, 9.17) is 0 Å². The SMILES string of the molecule is CC(CCNC(=O)CS)CC(C)CNc1cccc2cccnc12. The van der Waals surface area contributed by atoms with Crippen molar-refractivity contribution in [3.05, 3.63) is 36.5 Å². The van der Waals surface area contributed by atoms with Gasteiger partial charge in [-0.15, -0.1) is 0 Å². The third-order valence-corrected chi connectivity index (χ3v) is 4.47. The average Bonchev–Trinajstić information content (AvgIpc) is 2.59. The summed E-state index contributed by atoms with van der Waals surface area (Å²) in [5, 5.41) is 7.57. The van der Waals surface area contributed by atoms with E-state index >= 15 is 0 Å². The number of pyridine rings is 1. The van der Waals surface area contributed by atoms with Gasteiger partial charge >= 0.3 is 0 Å². The highest BCUT2D eigenvalue weighted by Gasteiger charge is 2.10. The number of para-hydroxylation sites is 1. The van der Waals surface area contributed by atoms with Crippen LogP contribution in [0, 0.1) is 11.8 Å². The van der Waals surface area contributed by atoms with Crippen molar-refractivity contribution >= 4 is 35.1 Å². The molecule has 0 aliphatic carbocycles. The molecule has 0 radical (unpaired) electrons. The third-order valence-electron chi connectivity index (χ3n) is 4.18. The van der Waals surface area contributed by atoms with Gasteiger partial charge in [0.15, 0.2) is 0 Å². The van der Waals surface area contributed by atoms with Gasteiger partial charge in [-0.1, -0.05) is 32.0 Å². The average molecular weight is 346 g/mol. The molecule has 0 saturated heterocycles. The summed E-state index contributed by atoms with van der Waals surface area (Å²) >= 11 is 3.96. The van der Waals surface area contributed by atoms with Gasteiger partial charge in [-0.2, -0.15) is 12.6 Å². The van der Waals surface area contributed by atoms with Crippen molar-refractivity contribution < 1.29 is 4.79 Å². The van der Waals surface area contributed by atoms with Crippen LogP contribution in [0.2, 0.25) is 0 Å². The van der Waals surface area contributed by atoms with E-state index < -0.39 is 0 Å². The van der Waals surface area contributed by atoms with E-state index in [0.29, 0.717) is 11.8 Å². The number of nitrogens with zero attached hydrogens (tertiary/aromatic N) is 1. The number of carbonyl (C=O) groups excluding carboxylic acids is 1. The third kappa shape index (κ3) is 5.71. The van der Waals surface area contributed by atoms with E-state index in [1.807, 2.05) is 12.3 Å². The monoisotopic (exact) mass is 345 g/mol. The molecule has 2 rings (SSSR count). The number of rotatable bonds is 9. The van der Waals surface area contributed by atoms with Crippen LogP contribution in [0.5, 0.6) is 0 Å². The van der Waals surface area contributed by atoms with Crippen molar-refractivity contribution in [2.75, 3.05) is 24.2 Å². The van der Waals surface area contributed by atoms with Crippen LogP contribution >= 0.6 is 12.6 Å². The van der Waals surface area contributed by atoms with Crippen LogP contribution in [0.25, 0.3) is 10.9 Å². The van der Waals surface area contributed by atoms with E-state index in [-0.39, 0.29) is 11.7 Å². The summed E-state index contributed by atoms with van der Waals surface area (Å²) in [6.45, 7) is 6.15. The molecule has 2 unspecified atom stereocenters. The molecule has 0 saturated carbocycles. The van der Waals surface area contributed by atoms with Gasteiger partial charge in [-0.25, -0.2) is 0 Å². The Morgan fingerprint density at radius 3 is 2.79 bits per heavy atom. The van der Waals surface area contributed by atoms with Crippen LogP contribution in [-0.4, -0.2) is 29.7 Å². The van der Waals surface area contributed by atoms with Gasteiger partial charge in [-0.3, -0.25) is 9.78 Å². The van der Waals surface area contributed by atoms with Crippen molar-refractivity contribution in [2.45, 2.75) is 26.7 Å². The van der Waals surface area contributed by atoms with Crippen LogP contribution in [0.4, 0.5) is 5.69 Å². The fourth-order valence-corrected chi connectivity index (χ4v) is 3.04. The molecule has 2 aromatic rings. The summed E-state index contributed by atoms with van der Waals surface area (Å²) in [4.78, 5) is 15.7. The smallest absolute Gasteiger partial charge is 0.229 e. The molecule has 5 heteroatoms. The Morgan fingerprint density at radius 2 is 2.00 bits per heavy atom. The number of hydrogen-bond donors (Lipinski definition) is 3. The summed E-state index contributed by atoms with van der Waals surface area (Å²) in [6, 6.07) is 10.3. The molecule has 1 aromatic carbocycles. The van der Waals surface area contributed by atoms with Crippen LogP contribution < -0.4 is 10.6 Å². The maximum absolute atomic E-state index is 11.2. The maximum atomic E-state index is 11.2. The lowest BCUT2D eigenvalue weighted by Crippen LogP contribution is -2.27. The number of thiol groups is 1. The molecule has 1 aromatic heterocycles. The van der Waals surface area contributed by atoms with Crippen LogP contribution in [0.3, 0.4) is 0 Å². The first kappa shape index (κ1) is 18.6. The molecule has 1 amide bonds. The quantitative estimate of drug-likeness (QED) is 0.607. The van der Waals surface area contributed by atoms with Crippen molar-refractivity contribution in [3.63, 3.8) is 0 Å². The first-order valence-corrected chi connectivity index (χ1v) is 9.18. The lowest BCUT2D eigenvalue weighted by molar-refractivity contribution is -0.118. The van der Waals surface area contributed by atoms with E-state index in [2.05, 4.69) is 66.4 Å². The summed E-state index contributed by atoms with van der Waals surface area (Å²) in [6.07, 6.45) is 3.96. The number of nitrogens with one attached hydrogen (secondary N) is 2. The van der Waals surface area contributed by atoms with Crippen LogP contribution in [0.1, 0.15) is 26.7 Å². The Balaban J connectivity index is 1.78. The van der Waals surface area contributed by atoms with Gasteiger partial charge in [0.05, 0.1) is 17.0 Å². The summed E-state index contributed by atoms with van der Waals surface area (Å²) < 4.78 is 0. The second-order valence-electron chi connectivity index (χ2n) is 6.50. The molecule has 0 bridgehead atoms. The van der Waals surface area contributed by atoms with Gasteiger partial charge in [-0.05, 0) is 36.8 Å². The van der Waals surface area contributed by atoms with Crippen molar-refractivity contribution in [2.24, 2.45) is 11.8 Å². The van der Waals surface area contributed by atoms with Crippen LogP contribution in [-0.2, 0) is 4.79 Å². The highest BCUT2D eigenvalue weighted by molar-refractivity contribution is 7.81. The number of anilines is 1. The second kappa shape index (κ2) is 9.52. The summed E-state index contributed by atoms with van der Waals surface area (Å²) in [7, 11) is 0. The number of benzene rings is 1. The molecule has 0 aliphatic rings. The molecule has 2 N–H and O–H groups in total. The molecule has 24 heavy (non-hydrogen) atoms. The lowest BCUT2D eigenvalue weighted by atomic mass is 9.94. The van der Waals surface area contributed by atoms with E-state index in [1.165, 1.54) is 0 Å². The number of fused-ring (bicyclic) bond motifs is 1. The Morgan fingerprint density at radius 1 is 1.21 bits per heavy atom. The van der Waals surface area contributed by atoms with Gasteiger partial charge < -0.3 is 10.6 Å². The Hall–Kier alpha value is -1.75. The highest BCUT2D eigenvalue weighted by atomic mass is 32.1. The zero-order chi connectivity index (χ0) is 17.4. The number of amides is 1. The fraction of sp³-hybridized carbons (Fsp3) is 0.474. The largest absolute Gasteiger partial charge is 0.383 e. The van der Waals surface area contributed by atoms with E-state index in [0.717, 1.165) is 42.5 Å². The standard InChI is InChI=1S/C19H27N3OS/c1-14(8-10-20-18(23)13-24)11-15(2)12-22-17-7-3-5-16-6-4-9-21-19(16)17/h3-7,9,14-15,22,24H,8,10-13H2,1-2H3,(H,20,23). The van der Waals surface area contributed by atoms with Crippen molar-refractivity contribution in [3.8, 4) is 0 Å². The summed E-state index contributed by atoms with van der Waals surface area (Å²) in [5.41, 5.74) is 2.11. The minimum absolute atomic E-state index is 0.00343. The molecule has 0 fully saturated rings. The topological polar surface area (TPSA) is 54.0 Å². The second-order valence-corrected chi connectivity index (χ2v) is 6.82. The number of hydrogen-bond acceptors (Lipinski definition) is 4. The van der Waals surface area contributed by atoms with Gasteiger partial charge in [0.2, 0.25) is 5.91 Å². The zero-order valence-corrected chi connectivity index (χ0v) is 15.4. The maximum Gasteiger partial charge on any atom is 0.229 e. The van der Waals surface area contributed by atoms with Gasteiger partial charge in [0.1, 0.15) is 0 Å². The Bertz CT molecular complexity index is 657. The van der Waals surface area contributed by atoms with Crippen molar-refractivity contribution in [1.29, 1.82) is 0 Å². The molecular weight excluding hydrogens is 318 g/mol. The summed E-state index contributed by atoms with van der Waals surface area (Å²) in [5.74, 6) is 1.39. The van der Waals surface area contributed by atoms with E-state index in [1.54, 1.807) is 0 Å². The highest BCUT2D eigenvalue weighted by Crippen LogP contribution is 2.22. The van der Waals surface area contributed by atoms with Crippen molar-refractivity contribution in [1.82, 2.24) is 10.3 Å². The first-order valence-electron chi connectivity index (χ1n) is 8.55. The zero-order valence-electron chi connectivity index (χ0n) is 14.5. The lowest BCUT2D eigenvalue weighted by Gasteiger charge is -2.19. The number of aromatic nitrogens is 1.